The Labute approximate surface area is 729 Å². The molecule has 0 spiro atoms. The highest BCUT2D eigenvalue weighted by Gasteiger charge is 2.27. The fourth-order valence-electron chi connectivity index (χ4n) is 20.7. The topological polar surface area (TPSA) is 32.9 Å². The molecule has 6 aromatic heterocycles. The number of fused-ring (bicyclic) bond motifs is 18. The highest BCUT2D eigenvalue weighted by atomic mass is 32.1. The first-order valence-electron chi connectivity index (χ1n) is 43.3. The summed E-state index contributed by atoms with van der Waals surface area (Å²) >= 11 is 1.89. The van der Waals surface area contributed by atoms with Crippen LogP contribution in [-0.4, -0.2) is 18.3 Å². The molecule has 0 bridgehead atoms. The lowest BCUT2D eigenvalue weighted by Gasteiger charge is -2.17. The molecular weight excluding hydrogens is 1550 g/mol. The number of hydrogen-bond donors (Lipinski definition) is 0. The van der Waals surface area contributed by atoms with Crippen LogP contribution in [0.4, 0.5) is 0 Å². The summed E-state index contributed by atoms with van der Waals surface area (Å²) in [5.41, 5.74) is 36.3. The first-order valence-corrected chi connectivity index (χ1v) is 44.1. The van der Waals surface area contributed by atoms with Crippen molar-refractivity contribution in [3.63, 3.8) is 0 Å². The lowest BCUT2D eigenvalue weighted by molar-refractivity contribution is 0.666. The van der Waals surface area contributed by atoms with Crippen molar-refractivity contribution in [2.24, 2.45) is 0 Å². The molecule has 5 nitrogen and oxygen atoms in total. The van der Waals surface area contributed by atoms with Gasteiger partial charge >= 0.3 is 0 Å². The molecule has 26 rings (SSSR count). The molecule has 20 aromatic carbocycles. The number of hydrogen-bond acceptors (Lipinski definition) is 2. The van der Waals surface area contributed by atoms with Crippen LogP contribution in [0.1, 0.15) is 0 Å². The second kappa shape index (κ2) is 28.6. The summed E-state index contributed by atoms with van der Waals surface area (Å²) in [4.78, 5) is 0. The van der Waals surface area contributed by atoms with E-state index < -0.39 is 0 Å². The molecule has 0 aliphatic rings. The van der Waals surface area contributed by atoms with E-state index in [1.165, 1.54) is 124 Å². The van der Waals surface area contributed by atoms with Crippen LogP contribution in [-0.2, 0) is 0 Å². The van der Waals surface area contributed by atoms with Crippen LogP contribution in [0.25, 0.3) is 252 Å². The number of thiophene rings is 1. The molecule has 0 saturated carbocycles. The van der Waals surface area contributed by atoms with E-state index in [0.717, 1.165) is 128 Å². The van der Waals surface area contributed by atoms with Crippen molar-refractivity contribution in [1.29, 1.82) is 0 Å². The number of benzene rings is 20. The monoisotopic (exact) mass is 1620 g/mol. The summed E-state index contributed by atoms with van der Waals surface area (Å²) in [7, 11) is 0. The summed E-state index contributed by atoms with van der Waals surface area (Å²) in [6, 6.07) is 166. The van der Waals surface area contributed by atoms with Crippen molar-refractivity contribution in [1.82, 2.24) is 18.3 Å². The number of furan rings is 1. The zero-order valence-corrected chi connectivity index (χ0v) is 69.1. The van der Waals surface area contributed by atoms with Crippen molar-refractivity contribution >= 4 is 141 Å². The third kappa shape index (κ3) is 11.2. The highest BCUT2D eigenvalue weighted by molar-refractivity contribution is 7.26. The van der Waals surface area contributed by atoms with Crippen LogP contribution in [0, 0.1) is 0 Å². The maximum Gasteiger partial charge on any atom is 0.160 e. The van der Waals surface area contributed by atoms with E-state index in [2.05, 4.69) is 467 Å². The molecule has 126 heavy (non-hydrogen) atoms. The quantitative estimate of drug-likeness (QED) is 0.113. The fourth-order valence-corrected chi connectivity index (χ4v) is 21.9. The van der Waals surface area contributed by atoms with Gasteiger partial charge in [0.15, 0.2) is 5.58 Å². The SMILES string of the molecule is c1ccc(-c2cccc(-c3ccc(-n4c5ccccc5c5ccc(-c6cccc7c8ccccc8n(-c8ccccc8-c8cccc(-c9cccc(-c%10ccc(-c%11ccc(-n%12c%13ccccc%13c%13cc(-c%14ccc%15c%16ccccc%16n(-c%16ccccc%16-c%16ccccc%16)c%15c%14)ccc%13%12)c%12oc%13ccccc%13c%11%12)cc%10)c9)c8)c67)cc54)c4sc5ccccc5c34)c2)cc1. The number of para-hydroxylation sites is 8. The van der Waals surface area contributed by atoms with E-state index in [-0.39, 0.29) is 0 Å². The van der Waals surface area contributed by atoms with Crippen LogP contribution < -0.4 is 0 Å². The summed E-state index contributed by atoms with van der Waals surface area (Å²) in [6.07, 6.45) is 0. The third-order valence-electron chi connectivity index (χ3n) is 26.4. The molecule has 0 fully saturated rings. The van der Waals surface area contributed by atoms with Crippen molar-refractivity contribution in [3.05, 3.63) is 449 Å². The van der Waals surface area contributed by atoms with Crippen molar-refractivity contribution < 1.29 is 4.42 Å². The van der Waals surface area contributed by atoms with Crippen LogP contribution in [0.2, 0.25) is 0 Å². The fraction of sp³-hybridized carbons (Fsp3) is 0. The van der Waals surface area contributed by atoms with E-state index in [9.17, 15) is 0 Å². The predicted octanol–water partition coefficient (Wildman–Crippen LogP) is 33.3. The van der Waals surface area contributed by atoms with Crippen LogP contribution >= 0.6 is 11.3 Å². The van der Waals surface area contributed by atoms with Gasteiger partial charge < -0.3 is 22.7 Å². The van der Waals surface area contributed by atoms with Gasteiger partial charge in [-0.25, -0.2) is 0 Å². The second-order valence-corrected chi connectivity index (χ2v) is 34.3. The molecule has 0 saturated heterocycles. The standard InChI is InChI=1S/C120H74N4OS/c1-3-27-75(28-4-1)80-32-24-36-86(70-80)91-65-68-111(120-117(91)101-44-14-22-54-115(101)126-120)123-106-50-18-10-40-94(106)98-63-60-87(74-113(98)123)92-45-26-46-99-95-41-11-20-52-108(95)124(118(92)99)104-48-16-8-38-89(104)85-35-25-34-82(71-85)81-33-23-31-79(69-81)76-55-57-78(58-56-76)90-64-67-110(119-116(90)100-43-13-21-53-114(100)125-119)121-107-51-19-12-42-96(107)102-72-83(61-66-109(102)121)84-59-62-97-93-39-9-17-49-105(93)122(112(97)73-84)103-47-15-7-37-88(103)77-29-5-2-6-30-77/h1-74H. The van der Waals surface area contributed by atoms with Crippen molar-refractivity contribution in [2.75, 3.05) is 0 Å². The minimum absolute atomic E-state index is 0.847. The second-order valence-electron chi connectivity index (χ2n) is 33.3. The maximum atomic E-state index is 7.12. The normalized spacial score (nSPS) is 12.0. The molecule has 0 radical (unpaired) electrons. The average molecular weight is 1620 g/mol. The van der Waals surface area contributed by atoms with Gasteiger partial charge in [0, 0.05) is 86.0 Å². The summed E-state index contributed by atoms with van der Waals surface area (Å²) in [6.45, 7) is 0. The Kier molecular flexibility index (Phi) is 16.2. The lowest BCUT2D eigenvalue weighted by Crippen LogP contribution is -1.99. The molecular formula is C120H74N4OS. The summed E-state index contributed by atoms with van der Waals surface area (Å²) in [5.74, 6) is 0. The van der Waals surface area contributed by atoms with E-state index in [1.807, 2.05) is 11.3 Å². The minimum Gasteiger partial charge on any atom is -0.454 e. The smallest absolute Gasteiger partial charge is 0.160 e. The largest absolute Gasteiger partial charge is 0.454 e. The van der Waals surface area contributed by atoms with Gasteiger partial charge in [-0.1, -0.05) is 346 Å². The van der Waals surface area contributed by atoms with Gasteiger partial charge in [0.1, 0.15) is 5.58 Å². The van der Waals surface area contributed by atoms with Crippen LogP contribution in [0.3, 0.4) is 0 Å². The van der Waals surface area contributed by atoms with Crippen LogP contribution in [0.15, 0.2) is 453 Å². The molecule has 586 valence electrons. The van der Waals surface area contributed by atoms with E-state index in [0.29, 0.717) is 0 Å². The highest BCUT2D eigenvalue weighted by Crippen LogP contribution is 2.51. The van der Waals surface area contributed by atoms with Gasteiger partial charge in [0.2, 0.25) is 0 Å². The first-order chi connectivity index (χ1) is 62.5. The summed E-state index contributed by atoms with van der Waals surface area (Å²) in [5, 5.41) is 14.4. The molecule has 6 heteroatoms. The van der Waals surface area contributed by atoms with Gasteiger partial charge in [-0.05, 0) is 187 Å². The maximum absolute atomic E-state index is 7.12. The Morgan fingerprint density at radius 3 is 1.21 bits per heavy atom. The lowest BCUT2D eigenvalue weighted by atomic mass is 9.94. The van der Waals surface area contributed by atoms with Crippen molar-refractivity contribution in [2.45, 2.75) is 0 Å². The van der Waals surface area contributed by atoms with E-state index in [1.54, 1.807) is 0 Å². The molecule has 0 aliphatic carbocycles. The number of rotatable bonds is 13. The van der Waals surface area contributed by atoms with Gasteiger partial charge in [0.05, 0.1) is 71.6 Å². The van der Waals surface area contributed by atoms with E-state index >= 15 is 0 Å². The number of nitrogens with zero attached hydrogens (tertiary/aromatic N) is 4. The molecule has 6 heterocycles. The zero-order valence-electron chi connectivity index (χ0n) is 68.3. The number of aromatic nitrogens is 4. The molecule has 0 amide bonds. The Morgan fingerprint density at radius 2 is 0.540 bits per heavy atom. The minimum atomic E-state index is 0.847. The van der Waals surface area contributed by atoms with E-state index in [4.69, 9.17) is 4.42 Å². The van der Waals surface area contributed by atoms with Gasteiger partial charge in [-0.15, -0.1) is 11.3 Å². The zero-order chi connectivity index (χ0) is 82.6. The molecule has 0 aliphatic heterocycles. The van der Waals surface area contributed by atoms with Crippen molar-refractivity contribution in [3.8, 4) is 123 Å². The first kappa shape index (κ1) is 71.4. The predicted molar refractivity (Wildman–Crippen MR) is 533 cm³/mol. The molecule has 0 unspecified atom stereocenters. The molecule has 26 aromatic rings. The van der Waals surface area contributed by atoms with Crippen LogP contribution in [0.5, 0.6) is 0 Å². The molecule has 0 N–H and O–H groups in total. The Morgan fingerprint density at radius 1 is 0.175 bits per heavy atom. The Balaban J connectivity index is 0.538. The third-order valence-corrected chi connectivity index (χ3v) is 27.6. The summed E-state index contributed by atoms with van der Waals surface area (Å²) < 4.78 is 19.6. The average Bonchev–Trinajstić information content (AvgIpc) is 1.84. The Bertz CT molecular complexity index is 8980. The Hall–Kier alpha value is -16.4. The van der Waals surface area contributed by atoms with Gasteiger partial charge in [0.25, 0.3) is 0 Å². The molecule has 0 atom stereocenters. The van der Waals surface area contributed by atoms with Gasteiger partial charge in [-0.3, -0.25) is 0 Å². The van der Waals surface area contributed by atoms with Gasteiger partial charge in [-0.2, -0.15) is 0 Å².